The van der Waals surface area contributed by atoms with Gasteiger partial charge in [0.15, 0.2) is 0 Å². The van der Waals surface area contributed by atoms with Gasteiger partial charge in [0, 0.05) is 5.69 Å². The maximum Gasteiger partial charge on any atom is 0.411 e. The van der Waals surface area contributed by atoms with Crippen LogP contribution < -0.4 is 5.32 Å². The number of fused-ring (bicyclic) bond motifs is 1. The number of nitrogens with one attached hydrogen (secondary N) is 1. The van der Waals surface area contributed by atoms with E-state index in [1.807, 2.05) is 6.07 Å². The van der Waals surface area contributed by atoms with E-state index >= 15 is 0 Å². The first kappa shape index (κ1) is 12.9. The average Bonchev–Trinajstić information content (AvgIpc) is 2.51. The molecule has 0 bridgehead atoms. The van der Waals surface area contributed by atoms with Gasteiger partial charge < -0.3 is 4.74 Å². The minimum absolute atomic E-state index is 0.376. The predicted molar refractivity (Wildman–Crippen MR) is 70.9 cm³/mol. The number of carbonyl (C=O) groups excluding carboxylic acids is 1. The number of pyridine rings is 1. The van der Waals surface area contributed by atoms with Crippen molar-refractivity contribution >= 4 is 11.8 Å². The van der Waals surface area contributed by atoms with Gasteiger partial charge in [-0.05, 0) is 43.7 Å². The Morgan fingerprint density at radius 3 is 3.17 bits per heavy atom. The molecule has 98 valence electrons. The van der Waals surface area contributed by atoms with Crippen molar-refractivity contribution in [1.29, 1.82) is 0 Å². The third-order valence-electron chi connectivity index (χ3n) is 3.32. The molecule has 4 nitrogen and oxygen atoms in total. The van der Waals surface area contributed by atoms with Crippen LogP contribution in [0.4, 0.5) is 10.5 Å². The quantitative estimate of drug-likeness (QED) is 0.815. The van der Waals surface area contributed by atoms with Crippen molar-refractivity contribution < 1.29 is 9.53 Å². The van der Waals surface area contributed by atoms with Crippen molar-refractivity contribution in [2.45, 2.75) is 45.4 Å². The second-order valence-electron chi connectivity index (χ2n) is 4.76. The number of hydrogen-bond acceptors (Lipinski definition) is 3. The summed E-state index contributed by atoms with van der Waals surface area (Å²) in [6, 6.07) is 2.03. The summed E-state index contributed by atoms with van der Waals surface area (Å²) in [5.41, 5.74) is 3.16. The number of amides is 1. The number of aryl methyl sites for hydroxylation is 1. The Morgan fingerprint density at radius 1 is 1.56 bits per heavy atom. The van der Waals surface area contributed by atoms with E-state index in [9.17, 15) is 4.79 Å². The van der Waals surface area contributed by atoms with Crippen molar-refractivity contribution in [3.63, 3.8) is 0 Å². The monoisotopic (exact) mass is 248 g/mol. The summed E-state index contributed by atoms with van der Waals surface area (Å²) in [4.78, 5) is 15.9. The van der Waals surface area contributed by atoms with Gasteiger partial charge in [0.05, 0.1) is 18.5 Å². The molecule has 1 aromatic heterocycles. The van der Waals surface area contributed by atoms with Gasteiger partial charge in [0.2, 0.25) is 0 Å². The van der Waals surface area contributed by atoms with E-state index in [-0.39, 0.29) is 0 Å². The standard InChI is InChI=1S/C14H20N2O2/c1-3-18-14(17)16-12-8-11-7-5-4-6-10(2)13(11)15-9-12/h8-10H,3-7H2,1-2H3,(H,16,17). The SMILES string of the molecule is CCOC(=O)Nc1cnc2c(c1)CCCCC2C. The lowest BCUT2D eigenvalue weighted by Gasteiger charge is -2.13. The van der Waals surface area contributed by atoms with Gasteiger partial charge >= 0.3 is 6.09 Å². The number of aromatic nitrogens is 1. The highest BCUT2D eigenvalue weighted by Gasteiger charge is 2.17. The van der Waals surface area contributed by atoms with Crippen LogP contribution in [0.2, 0.25) is 0 Å². The van der Waals surface area contributed by atoms with Crippen LogP contribution in [0.25, 0.3) is 0 Å². The molecule has 0 saturated carbocycles. The molecular formula is C14H20N2O2. The van der Waals surface area contributed by atoms with Crippen LogP contribution in [0.3, 0.4) is 0 Å². The largest absolute Gasteiger partial charge is 0.450 e. The van der Waals surface area contributed by atoms with E-state index < -0.39 is 6.09 Å². The molecule has 4 heteroatoms. The molecule has 1 aromatic rings. The fourth-order valence-electron chi connectivity index (χ4n) is 2.42. The molecule has 1 atom stereocenters. The van der Waals surface area contributed by atoms with Gasteiger partial charge in [-0.1, -0.05) is 13.3 Å². The molecule has 0 aromatic carbocycles. The molecule has 1 amide bonds. The summed E-state index contributed by atoms with van der Waals surface area (Å²) in [7, 11) is 0. The maximum atomic E-state index is 11.4. The predicted octanol–water partition coefficient (Wildman–Crippen LogP) is 3.48. The fourth-order valence-corrected chi connectivity index (χ4v) is 2.42. The molecule has 0 spiro atoms. The number of nitrogens with zero attached hydrogens (tertiary/aromatic N) is 1. The van der Waals surface area contributed by atoms with E-state index in [0.29, 0.717) is 12.5 Å². The van der Waals surface area contributed by atoms with Crippen LogP contribution in [0.15, 0.2) is 12.3 Å². The highest BCUT2D eigenvalue weighted by Crippen LogP contribution is 2.29. The second-order valence-corrected chi connectivity index (χ2v) is 4.76. The van der Waals surface area contributed by atoms with Gasteiger partial charge in [-0.15, -0.1) is 0 Å². The zero-order valence-electron chi connectivity index (χ0n) is 11.0. The van der Waals surface area contributed by atoms with E-state index in [0.717, 1.165) is 12.1 Å². The lowest BCUT2D eigenvalue weighted by molar-refractivity contribution is 0.168. The molecule has 1 heterocycles. The molecule has 0 saturated heterocycles. The van der Waals surface area contributed by atoms with Gasteiger partial charge in [-0.25, -0.2) is 4.79 Å². The first-order valence-corrected chi connectivity index (χ1v) is 6.63. The molecule has 1 aliphatic carbocycles. The van der Waals surface area contributed by atoms with Crippen molar-refractivity contribution in [2.24, 2.45) is 0 Å². The Bertz CT molecular complexity index is 432. The molecule has 0 fully saturated rings. The van der Waals surface area contributed by atoms with Gasteiger partial charge in [-0.2, -0.15) is 0 Å². The molecule has 18 heavy (non-hydrogen) atoms. The zero-order chi connectivity index (χ0) is 13.0. The summed E-state index contributed by atoms with van der Waals surface area (Å²) in [5.74, 6) is 0.513. The summed E-state index contributed by atoms with van der Waals surface area (Å²) in [6.45, 7) is 4.38. The number of ether oxygens (including phenoxy) is 1. The Balaban J connectivity index is 2.15. The highest BCUT2D eigenvalue weighted by atomic mass is 16.5. The molecule has 1 N–H and O–H groups in total. The molecule has 1 aliphatic rings. The second kappa shape index (κ2) is 5.85. The Kier molecular flexibility index (Phi) is 4.18. The number of rotatable bonds is 2. The zero-order valence-corrected chi connectivity index (χ0v) is 11.0. The lowest BCUT2D eigenvalue weighted by atomic mass is 10.0. The van der Waals surface area contributed by atoms with Crippen molar-refractivity contribution in [1.82, 2.24) is 4.98 Å². The topological polar surface area (TPSA) is 51.2 Å². The maximum absolute atomic E-state index is 11.4. The van der Waals surface area contributed by atoms with Crippen molar-refractivity contribution in [2.75, 3.05) is 11.9 Å². The summed E-state index contributed by atoms with van der Waals surface area (Å²) in [6.07, 6.45) is 5.99. The summed E-state index contributed by atoms with van der Waals surface area (Å²) in [5, 5.41) is 2.70. The van der Waals surface area contributed by atoms with Crippen LogP contribution in [0.1, 0.15) is 50.3 Å². The molecule has 1 unspecified atom stereocenters. The summed E-state index contributed by atoms with van der Waals surface area (Å²) >= 11 is 0. The number of anilines is 1. The fraction of sp³-hybridized carbons (Fsp3) is 0.571. The van der Waals surface area contributed by atoms with Gasteiger partial charge in [0.1, 0.15) is 0 Å². The van der Waals surface area contributed by atoms with Crippen LogP contribution in [-0.2, 0) is 11.2 Å². The third-order valence-corrected chi connectivity index (χ3v) is 3.32. The van der Waals surface area contributed by atoms with Crippen molar-refractivity contribution in [3.8, 4) is 0 Å². The van der Waals surface area contributed by atoms with Crippen LogP contribution in [0.5, 0.6) is 0 Å². The van der Waals surface area contributed by atoms with Crippen LogP contribution in [0, 0.1) is 0 Å². The Hall–Kier alpha value is -1.58. The molecular weight excluding hydrogens is 228 g/mol. The molecule has 0 radical (unpaired) electrons. The number of hydrogen-bond donors (Lipinski definition) is 1. The molecule has 2 rings (SSSR count). The number of carbonyl (C=O) groups is 1. The van der Waals surface area contributed by atoms with Crippen LogP contribution >= 0.6 is 0 Å². The Morgan fingerprint density at radius 2 is 2.39 bits per heavy atom. The minimum Gasteiger partial charge on any atom is -0.450 e. The van der Waals surface area contributed by atoms with Gasteiger partial charge in [0.25, 0.3) is 0 Å². The smallest absolute Gasteiger partial charge is 0.411 e. The van der Waals surface area contributed by atoms with E-state index in [4.69, 9.17) is 4.74 Å². The van der Waals surface area contributed by atoms with Gasteiger partial charge in [-0.3, -0.25) is 10.3 Å². The summed E-state index contributed by atoms with van der Waals surface area (Å²) < 4.78 is 4.86. The normalized spacial score (nSPS) is 18.7. The Labute approximate surface area is 108 Å². The lowest BCUT2D eigenvalue weighted by Crippen LogP contribution is -2.14. The minimum atomic E-state index is -0.416. The van der Waals surface area contributed by atoms with E-state index in [2.05, 4.69) is 17.2 Å². The van der Waals surface area contributed by atoms with E-state index in [1.165, 1.54) is 30.5 Å². The highest BCUT2D eigenvalue weighted by molar-refractivity contribution is 5.84. The third kappa shape index (κ3) is 3.00. The van der Waals surface area contributed by atoms with Crippen molar-refractivity contribution in [3.05, 3.63) is 23.5 Å². The first-order valence-electron chi connectivity index (χ1n) is 6.63. The average molecular weight is 248 g/mol. The van der Waals surface area contributed by atoms with E-state index in [1.54, 1.807) is 13.1 Å². The first-order chi connectivity index (χ1) is 8.70. The molecule has 0 aliphatic heterocycles. The van der Waals surface area contributed by atoms with Crippen LogP contribution in [-0.4, -0.2) is 17.7 Å².